The average Bonchev–Trinajstić information content (AvgIpc) is 2.37. The van der Waals surface area contributed by atoms with Crippen molar-refractivity contribution in [2.75, 3.05) is 6.54 Å². The van der Waals surface area contributed by atoms with Gasteiger partial charge in [0.1, 0.15) is 0 Å². The number of carboxylic acid groups (broad SMARTS) is 1. The van der Waals surface area contributed by atoms with Crippen molar-refractivity contribution >= 4 is 11.9 Å². The molecule has 19 heavy (non-hydrogen) atoms. The first-order valence-electron chi connectivity index (χ1n) is 7.25. The third kappa shape index (κ3) is 6.05. The molecule has 1 fully saturated rings. The van der Waals surface area contributed by atoms with Gasteiger partial charge in [-0.1, -0.05) is 13.3 Å². The van der Waals surface area contributed by atoms with Gasteiger partial charge in [-0.2, -0.15) is 0 Å². The maximum absolute atomic E-state index is 11.8. The lowest BCUT2D eigenvalue weighted by molar-refractivity contribution is -0.143. The van der Waals surface area contributed by atoms with Gasteiger partial charge in [0.05, 0.1) is 5.92 Å². The third-order valence-corrected chi connectivity index (χ3v) is 3.91. The van der Waals surface area contributed by atoms with Gasteiger partial charge in [0.15, 0.2) is 0 Å². The molecule has 1 rings (SSSR count). The minimum atomic E-state index is -0.740. The highest BCUT2D eigenvalue weighted by Crippen LogP contribution is 2.24. The van der Waals surface area contributed by atoms with Crippen LogP contribution < -0.4 is 11.1 Å². The maximum atomic E-state index is 11.8. The summed E-state index contributed by atoms with van der Waals surface area (Å²) in [6.07, 6.45) is 5.37. The summed E-state index contributed by atoms with van der Waals surface area (Å²) >= 11 is 0. The standard InChI is InChI=1S/C14H26N2O3/c1-10(7-8-15)5-6-13(17)16-12-4-2-3-11(9-12)14(18)19/h10-12H,2-9,15H2,1H3,(H,16,17)(H,18,19). The molecule has 110 valence electrons. The van der Waals surface area contributed by atoms with E-state index in [2.05, 4.69) is 12.2 Å². The molecule has 0 aromatic carbocycles. The zero-order valence-electron chi connectivity index (χ0n) is 11.7. The summed E-state index contributed by atoms with van der Waals surface area (Å²) < 4.78 is 0. The van der Waals surface area contributed by atoms with Crippen LogP contribution in [0.5, 0.6) is 0 Å². The lowest BCUT2D eigenvalue weighted by atomic mass is 9.85. The summed E-state index contributed by atoms with van der Waals surface area (Å²) in [6, 6.07) is 0.0344. The van der Waals surface area contributed by atoms with E-state index in [4.69, 9.17) is 10.8 Å². The van der Waals surface area contributed by atoms with Crippen LogP contribution >= 0.6 is 0 Å². The lowest BCUT2D eigenvalue weighted by Gasteiger charge is -2.27. The Morgan fingerprint density at radius 2 is 2.11 bits per heavy atom. The summed E-state index contributed by atoms with van der Waals surface area (Å²) in [5.41, 5.74) is 5.47. The Kier molecular flexibility index (Phi) is 6.84. The Labute approximate surface area is 114 Å². The van der Waals surface area contributed by atoms with Crippen LogP contribution in [0.3, 0.4) is 0 Å². The quantitative estimate of drug-likeness (QED) is 0.654. The Bertz CT molecular complexity index is 307. The second-order valence-corrected chi connectivity index (χ2v) is 5.69. The molecule has 0 radical (unpaired) electrons. The van der Waals surface area contributed by atoms with Crippen LogP contribution in [0.2, 0.25) is 0 Å². The van der Waals surface area contributed by atoms with E-state index >= 15 is 0 Å². The van der Waals surface area contributed by atoms with Crippen LogP contribution in [0, 0.1) is 11.8 Å². The molecule has 0 spiro atoms. The predicted molar refractivity (Wildman–Crippen MR) is 73.6 cm³/mol. The molecule has 1 aliphatic rings. The van der Waals surface area contributed by atoms with Gasteiger partial charge in [-0.25, -0.2) is 0 Å². The summed E-state index contributed by atoms with van der Waals surface area (Å²) in [5.74, 6) is -0.528. The molecule has 0 heterocycles. The lowest BCUT2D eigenvalue weighted by Crippen LogP contribution is -2.39. The smallest absolute Gasteiger partial charge is 0.306 e. The van der Waals surface area contributed by atoms with Crippen molar-refractivity contribution in [3.63, 3.8) is 0 Å². The zero-order chi connectivity index (χ0) is 14.3. The second-order valence-electron chi connectivity index (χ2n) is 5.69. The summed E-state index contributed by atoms with van der Waals surface area (Å²) in [6.45, 7) is 2.76. The number of carboxylic acids is 1. The summed E-state index contributed by atoms with van der Waals surface area (Å²) in [5, 5.41) is 12.0. The molecule has 3 atom stereocenters. The fourth-order valence-corrected chi connectivity index (χ4v) is 2.65. The van der Waals surface area contributed by atoms with Crippen molar-refractivity contribution in [1.82, 2.24) is 5.32 Å². The first-order chi connectivity index (χ1) is 9.02. The van der Waals surface area contributed by atoms with Crippen molar-refractivity contribution in [3.8, 4) is 0 Å². The van der Waals surface area contributed by atoms with E-state index in [9.17, 15) is 9.59 Å². The minimum absolute atomic E-state index is 0.0344. The van der Waals surface area contributed by atoms with Crippen LogP contribution in [0.25, 0.3) is 0 Å². The Morgan fingerprint density at radius 1 is 1.37 bits per heavy atom. The number of hydrogen-bond donors (Lipinski definition) is 3. The van der Waals surface area contributed by atoms with Gasteiger partial charge in [-0.05, 0) is 44.6 Å². The van der Waals surface area contributed by atoms with Crippen molar-refractivity contribution in [3.05, 3.63) is 0 Å². The molecule has 1 amide bonds. The maximum Gasteiger partial charge on any atom is 0.306 e. The van der Waals surface area contributed by atoms with Gasteiger partial charge in [0.2, 0.25) is 5.91 Å². The summed E-state index contributed by atoms with van der Waals surface area (Å²) in [4.78, 5) is 22.8. The monoisotopic (exact) mass is 270 g/mol. The van der Waals surface area contributed by atoms with E-state index in [-0.39, 0.29) is 17.9 Å². The number of amides is 1. The van der Waals surface area contributed by atoms with Crippen molar-refractivity contribution in [2.45, 2.75) is 57.9 Å². The van der Waals surface area contributed by atoms with Crippen LogP contribution in [-0.2, 0) is 9.59 Å². The topological polar surface area (TPSA) is 92.4 Å². The molecule has 1 saturated carbocycles. The van der Waals surface area contributed by atoms with Gasteiger partial charge in [0.25, 0.3) is 0 Å². The highest BCUT2D eigenvalue weighted by molar-refractivity contribution is 5.76. The van der Waals surface area contributed by atoms with Crippen LogP contribution in [-0.4, -0.2) is 29.6 Å². The van der Waals surface area contributed by atoms with Crippen LogP contribution in [0.4, 0.5) is 0 Å². The molecular formula is C14H26N2O3. The zero-order valence-corrected chi connectivity index (χ0v) is 11.7. The molecule has 5 heteroatoms. The van der Waals surface area contributed by atoms with Crippen LogP contribution in [0.15, 0.2) is 0 Å². The molecular weight excluding hydrogens is 244 g/mol. The fraction of sp³-hybridized carbons (Fsp3) is 0.857. The van der Waals surface area contributed by atoms with Gasteiger partial charge in [-0.15, -0.1) is 0 Å². The van der Waals surface area contributed by atoms with E-state index in [1.54, 1.807) is 0 Å². The third-order valence-electron chi connectivity index (χ3n) is 3.91. The highest BCUT2D eigenvalue weighted by Gasteiger charge is 2.27. The molecule has 0 aromatic rings. The number of carbonyl (C=O) groups excluding carboxylic acids is 1. The molecule has 0 aromatic heterocycles. The largest absolute Gasteiger partial charge is 0.481 e. The predicted octanol–water partition coefficient (Wildman–Crippen LogP) is 1.51. The molecule has 0 saturated heterocycles. The number of nitrogens with two attached hydrogens (primary N) is 1. The number of aliphatic carboxylic acids is 1. The van der Waals surface area contributed by atoms with Gasteiger partial charge < -0.3 is 16.2 Å². The van der Waals surface area contributed by atoms with Crippen molar-refractivity contribution < 1.29 is 14.7 Å². The second kappa shape index (κ2) is 8.15. The molecule has 3 unspecified atom stereocenters. The van der Waals surface area contributed by atoms with E-state index in [1.165, 1.54) is 0 Å². The Hall–Kier alpha value is -1.10. The first-order valence-corrected chi connectivity index (χ1v) is 7.25. The number of hydrogen-bond acceptors (Lipinski definition) is 3. The highest BCUT2D eigenvalue weighted by atomic mass is 16.4. The molecule has 1 aliphatic carbocycles. The normalized spacial score (nSPS) is 24.7. The first kappa shape index (κ1) is 16.0. The van der Waals surface area contributed by atoms with E-state index in [1.807, 2.05) is 0 Å². The number of nitrogens with one attached hydrogen (secondary N) is 1. The number of carbonyl (C=O) groups is 2. The van der Waals surface area contributed by atoms with Gasteiger partial charge in [-0.3, -0.25) is 9.59 Å². The fourth-order valence-electron chi connectivity index (χ4n) is 2.65. The summed E-state index contributed by atoms with van der Waals surface area (Å²) in [7, 11) is 0. The Morgan fingerprint density at radius 3 is 2.74 bits per heavy atom. The van der Waals surface area contributed by atoms with E-state index < -0.39 is 5.97 Å². The molecule has 4 N–H and O–H groups in total. The van der Waals surface area contributed by atoms with Gasteiger partial charge in [0, 0.05) is 12.5 Å². The average molecular weight is 270 g/mol. The molecule has 0 bridgehead atoms. The number of rotatable bonds is 7. The van der Waals surface area contributed by atoms with Gasteiger partial charge >= 0.3 is 5.97 Å². The molecule has 5 nitrogen and oxygen atoms in total. The van der Waals surface area contributed by atoms with Crippen molar-refractivity contribution in [2.24, 2.45) is 17.6 Å². The van der Waals surface area contributed by atoms with E-state index in [0.29, 0.717) is 25.3 Å². The van der Waals surface area contributed by atoms with E-state index in [0.717, 1.165) is 32.1 Å². The molecule has 0 aliphatic heterocycles. The minimum Gasteiger partial charge on any atom is -0.481 e. The SMILES string of the molecule is CC(CCN)CCC(=O)NC1CCCC(C(=O)O)C1. The Balaban J connectivity index is 2.26. The van der Waals surface area contributed by atoms with Crippen LogP contribution in [0.1, 0.15) is 51.9 Å². The van der Waals surface area contributed by atoms with Crippen molar-refractivity contribution in [1.29, 1.82) is 0 Å².